The molecule has 0 spiro atoms. The number of carbonyl (C=O) groups excluding carboxylic acids is 1. The Balaban J connectivity index is 2.11. The van der Waals surface area contributed by atoms with Crippen molar-refractivity contribution < 1.29 is 19.1 Å². The second kappa shape index (κ2) is 4.84. The molecule has 0 saturated heterocycles. The van der Waals surface area contributed by atoms with E-state index in [-0.39, 0.29) is 11.9 Å². The number of hydrogen-bond donors (Lipinski definition) is 2. The Labute approximate surface area is 105 Å². The molecule has 1 aliphatic carbocycles. The summed E-state index contributed by atoms with van der Waals surface area (Å²) < 4.78 is 4.85. The Morgan fingerprint density at radius 3 is 2.89 bits per heavy atom. The van der Waals surface area contributed by atoms with E-state index in [4.69, 9.17) is 4.42 Å². The van der Waals surface area contributed by atoms with Gasteiger partial charge in [-0.3, -0.25) is 9.59 Å². The summed E-state index contributed by atoms with van der Waals surface area (Å²) in [5.41, 5.74) is -0.453. The molecule has 0 bridgehead atoms. The molecular formula is C13H17NO4. The summed E-state index contributed by atoms with van der Waals surface area (Å²) in [6.07, 6.45) is 5.91. The van der Waals surface area contributed by atoms with Gasteiger partial charge in [0.2, 0.25) is 0 Å². The van der Waals surface area contributed by atoms with E-state index in [2.05, 4.69) is 5.32 Å². The maximum absolute atomic E-state index is 11.9. The van der Waals surface area contributed by atoms with Crippen LogP contribution < -0.4 is 5.32 Å². The molecule has 2 rings (SSSR count). The van der Waals surface area contributed by atoms with Gasteiger partial charge in [0.15, 0.2) is 0 Å². The lowest BCUT2D eigenvalue weighted by Crippen LogP contribution is -2.52. The van der Waals surface area contributed by atoms with E-state index in [1.165, 1.54) is 12.5 Å². The van der Waals surface area contributed by atoms with Gasteiger partial charge in [0.1, 0.15) is 6.26 Å². The third-order valence-electron chi connectivity index (χ3n) is 3.79. The van der Waals surface area contributed by atoms with Crippen LogP contribution in [0.2, 0.25) is 0 Å². The van der Waals surface area contributed by atoms with E-state index in [1.807, 2.05) is 0 Å². The van der Waals surface area contributed by atoms with Crippen LogP contribution in [0.4, 0.5) is 0 Å². The highest BCUT2D eigenvalue weighted by Gasteiger charge is 2.43. The Morgan fingerprint density at radius 2 is 2.28 bits per heavy atom. The van der Waals surface area contributed by atoms with Gasteiger partial charge in [-0.05, 0) is 25.8 Å². The van der Waals surface area contributed by atoms with Crippen LogP contribution in [0, 0.1) is 5.41 Å². The maximum Gasteiger partial charge on any atom is 0.311 e. The predicted molar refractivity (Wildman–Crippen MR) is 64.2 cm³/mol. The Bertz CT molecular complexity index is 440. The minimum absolute atomic E-state index is 0.275. The van der Waals surface area contributed by atoms with Crippen LogP contribution in [0.1, 0.15) is 43.0 Å². The fourth-order valence-electron chi connectivity index (χ4n) is 2.46. The van der Waals surface area contributed by atoms with E-state index in [1.54, 1.807) is 13.0 Å². The first-order valence-electron chi connectivity index (χ1n) is 6.10. The van der Waals surface area contributed by atoms with Crippen LogP contribution in [0.25, 0.3) is 0 Å². The summed E-state index contributed by atoms with van der Waals surface area (Å²) >= 11 is 0. The first kappa shape index (κ1) is 12.7. The van der Waals surface area contributed by atoms with Crippen molar-refractivity contribution in [3.05, 3.63) is 24.2 Å². The van der Waals surface area contributed by atoms with Crippen molar-refractivity contribution in [3.8, 4) is 0 Å². The molecule has 2 unspecified atom stereocenters. The molecule has 5 nitrogen and oxygen atoms in total. The summed E-state index contributed by atoms with van der Waals surface area (Å²) in [6, 6.07) is 1.24. The Morgan fingerprint density at radius 1 is 1.50 bits per heavy atom. The van der Waals surface area contributed by atoms with Crippen molar-refractivity contribution in [1.29, 1.82) is 0 Å². The lowest BCUT2D eigenvalue weighted by molar-refractivity contribution is -0.151. The molecule has 1 fully saturated rings. The van der Waals surface area contributed by atoms with Crippen molar-refractivity contribution in [2.24, 2.45) is 5.41 Å². The molecule has 1 saturated carbocycles. The number of rotatable bonds is 3. The van der Waals surface area contributed by atoms with Gasteiger partial charge in [0, 0.05) is 6.04 Å². The average Bonchev–Trinajstić information content (AvgIpc) is 2.85. The minimum atomic E-state index is -0.877. The van der Waals surface area contributed by atoms with Crippen LogP contribution in [-0.2, 0) is 4.79 Å². The average molecular weight is 251 g/mol. The zero-order chi connectivity index (χ0) is 13.2. The summed E-state index contributed by atoms with van der Waals surface area (Å²) in [6.45, 7) is 1.70. The quantitative estimate of drug-likeness (QED) is 0.861. The molecule has 2 atom stereocenters. The lowest BCUT2D eigenvalue weighted by Gasteiger charge is -2.38. The van der Waals surface area contributed by atoms with E-state index < -0.39 is 11.4 Å². The topological polar surface area (TPSA) is 79.5 Å². The van der Waals surface area contributed by atoms with Crippen molar-refractivity contribution >= 4 is 11.9 Å². The highest BCUT2D eigenvalue weighted by molar-refractivity contribution is 5.94. The zero-order valence-electron chi connectivity index (χ0n) is 10.3. The molecular weight excluding hydrogens is 234 g/mol. The van der Waals surface area contributed by atoms with Crippen molar-refractivity contribution in [2.45, 2.75) is 38.6 Å². The van der Waals surface area contributed by atoms with E-state index in [9.17, 15) is 14.7 Å². The van der Waals surface area contributed by atoms with Gasteiger partial charge < -0.3 is 14.8 Å². The largest absolute Gasteiger partial charge is 0.481 e. The first-order chi connectivity index (χ1) is 8.54. The number of amides is 1. The molecule has 0 aromatic carbocycles. The van der Waals surface area contributed by atoms with E-state index in [0.29, 0.717) is 18.4 Å². The van der Waals surface area contributed by atoms with Gasteiger partial charge in [-0.25, -0.2) is 0 Å². The minimum Gasteiger partial charge on any atom is -0.481 e. The Hall–Kier alpha value is -1.78. The summed E-state index contributed by atoms with van der Waals surface area (Å²) in [5.74, 6) is -1.12. The number of aliphatic carboxylic acids is 1. The highest BCUT2D eigenvalue weighted by Crippen LogP contribution is 2.36. The third-order valence-corrected chi connectivity index (χ3v) is 3.79. The zero-order valence-corrected chi connectivity index (χ0v) is 10.3. The number of furan rings is 1. The molecule has 98 valence electrons. The molecule has 0 aliphatic heterocycles. The van der Waals surface area contributed by atoms with Crippen molar-refractivity contribution in [3.63, 3.8) is 0 Å². The number of carbonyl (C=O) groups is 2. The Kier molecular flexibility index (Phi) is 3.41. The fraction of sp³-hybridized carbons (Fsp3) is 0.538. The van der Waals surface area contributed by atoms with E-state index in [0.717, 1.165) is 12.8 Å². The second-order valence-corrected chi connectivity index (χ2v) is 5.01. The fourth-order valence-corrected chi connectivity index (χ4v) is 2.46. The molecule has 1 heterocycles. The second-order valence-electron chi connectivity index (χ2n) is 5.01. The van der Waals surface area contributed by atoms with Crippen LogP contribution in [0.5, 0.6) is 0 Å². The molecule has 5 heteroatoms. The summed E-state index contributed by atoms with van der Waals surface area (Å²) in [5, 5.41) is 12.2. The molecule has 18 heavy (non-hydrogen) atoms. The number of nitrogens with one attached hydrogen (secondary N) is 1. The highest BCUT2D eigenvalue weighted by atomic mass is 16.4. The van der Waals surface area contributed by atoms with Gasteiger partial charge in [-0.2, -0.15) is 0 Å². The molecule has 2 N–H and O–H groups in total. The SMILES string of the molecule is CC1(C(=O)O)CCCCC1NC(=O)c1ccoc1. The molecule has 1 aromatic rings. The predicted octanol–water partition coefficient (Wildman–Crippen LogP) is 2.04. The molecule has 1 aromatic heterocycles. The van der Waals surface area contributed by atoms with Crippen molar-refractivity contribution in [1.82, 2.24) is 5.32 Å². The third kappa shape index (κ3) is 2.25. The summed E-state index contributed by atoms with van der Waals surface area (Å²) in [7, 11) is 0. The van der Waals surface area contributed by atoms with E-state index >= 15 is 0 Å². The van der Waals surface area contributed by atoms with Crippen LogP contribution in [0.3, 0.4) is 0 Å². The summed E-state index contributed by atoms with van der Waals surface area (Å²) in [4.78, 5) is 23.3. The normalized spacial score (nSPS) is 27.7. The monoisotopic (exact) mass is 251 g/mol. The number of carboxylic acids is 1. The lowest BCUT2D eigenvalue weighted by atomic mass is 9.71. The number of hydrogen-bond acceptors (Lipinski definition) is 3. The first-order valence-corrected chi connectivity index (χ1v) is 6.10. The molecule has 1 amide bonds. The molecule has 0 radical (unpaired) electrons. The van der Waals surface area contributed by atoms with Gasteiger partial charge >= 0.3 is 5.97 Å². The van der Waals surface area contributed by atoms with Crippen LogP contribution in [-0.4, -0.2) is 23.0 Å². The standard InChI is InChI=1S/C13H17NO4/c1-13(12(16)17)6-3-2-4-10(13)14-11(15)9-5-7-18-8-9/h5,7-8,10H,2-4,6H2,1H3,(H,14,15)(H,16,17). The van der Waals surface area contributed by atoms with Gasteiger partial charge in [0.05, 0.1) is 17.2 Å². The van der Waals surface area contributed by atoms with Crippen LogP contribution in [0.15, 0.2) is 23.0 Å². The van der Waals surface area contributed by atoms with Crippen LogP contribution >= 0.6 is 0 Å². The van der Waals surface area contributed by atoms with Crippen molar-refractivity contribution in [2.75, 3.05) is 0 Å². The maximum atomic E-state index is 11.9. The van der Waals surface area contributed by atoms with Gasteiger partial charge in [0.25, 0.3) is 5.91 Å². The smallest absolute Gasteiger partial charge is 0.311 e. The van der Waals surface area contributed by atoms with Gasteiger partial charge in [-0.15, -0.1) is 0 Å². The van der Waals surface area contributed by atoms with Gasteiger partial charge in [-0.1, -0.05) is 12.8 Å². The molecule has 1 aliphatic rings. The number of carboxylic acid groups (broad SMARTS) is 1.